The summed E-state index contributed by atoms with van der Waals surface area (Å²) in [7, 11) is 0. The molecule has 0 aliphatic carbocycles. The van der Waals surface area contributed by atoms with Gasteiger partial charge in [-0.25, -0.2) is 8.78 Å². The van der Waals surface area contributed by atoms with Crippen LogP contribution in [0.5, 0.6) is 0 Å². The Balaban J connectivity index is 1.96. The molecule has 2 unspecified atom stereocenters. The molecule has 1 aromatic carbocycles. The van der Waals surface area contributed by atoms with Crippen LogP contribution in [0.15, 0.2) is 18.2 Å². The van der Waals surface area contributed by atoms with Gasteiger partial charge in [-0.3, -0.25) is 0 Å². The highest BCUT2D eigenvalue weighted by Gasteiger charge is 2.21. The van der Waals surface area contributed by atoms with Crippen LogP contribution in [0.2, 0.25) is 0 Å². The fraction of sp³-hybridized carbons (Fsp3) is 0.538. The summed E-state index contributed by atoms with van der Waals surface area (Å²) in [6.07, 6.45) is 3.70. The van der Waals surface area contributed by atoms with E-state index in [4.69, 9.17) is 10.5 Å². The van der Waals surface area contributed by atoms with Crippen LogP contribution >= 0.6 is 0 Å². The van der Waals surface area contributed by atoms with E-state index in [1.165, 1.54) is 6.07 Å². The molecule has 1 heterocycles. The Bertz CT molecular complexity index is 378. The van der Waals surface area contributed by atoms with Crippen molar-refractivity contribution < 1.29 is 13.5 Å². The number of hydrogen-bond donors (Lipinski definition) is 1. The summed E-state index contributed by atoms with van der Waals surface area (Å²) in [6, 6.07) is 3.76. The molecule has 94 valence electrons. The average Bonchev–Trinajstić information content (AvgIpc) is 2.35. The van der Waals surface area contributed by atoms with E-state index in [-0.39, 0.29) is 12.1 Å². The van der Waals surface area contributed by atoms with Crippen molar-refractivity contribution in [3.05, 3.63) is 35.4 Å². The number of rotatable bonds is 3. The van der Waals surface area contributed by atoms with E-state index in [0.717, 1.165) is 31.9 Å². The highest BCUT2D eigenvalue weighted by Crippen LogP contribution is 2.18. The van der Waals surface area contributed by atoms with Gasteiger partial charge in [-0.05, 0) is 43.4 Å². The highest BCUT2D eigenvalue weighted by atomic mass is 19.2. The fourth-order valence-electron chi connectivity index (χ4n) is 2.17. The molecule has 0 amide bonds. The van der Waals surface area contributed by atoms with Crippen molar-refractivity contribution in [2.24, 2.45) is 5.73 Å². The summed E-state index contributed by atoms with van der Waals surface area (Å²) in [5.74, 6) is -1.64. The Hall–Kier alpha value is -1.00. The van der Waals surface area contributed by atoms with Crippen molar-refractivity contribution in [3.63, 3.8) is 0 Å². The van der Waals surface area contributed by atoms with E-state index >= 15 is 0 Å². The van der Waals surface area contributed by atoms with Crippen LogP contribution in [-0.2, 0) is 11.2 Å². The van der Waals surface area contributed by atoms with Gasteiger partial charge in [0.2, 0.25) is 0 Å². The van der Waals surface area contributed by atoms with Gasteiger partial charge in [-0.1, -0.05) is 6.07 Å². The van der Waals surface area contributed by atoms with Gasteiger partial charge >= 0.3 is 0 Å². The molecule has 2 N–H and O–H groups in total. The molecule has 0 saturated carbocycles. The molecule has 0 spiro atoms. The van der Waals surface area contributed by atoms with Gasteiger partial charge in [0.25, 0.3) is 0 Å². The topological polar surface area (TPSA) is 35.2 Å². The first-order valence-corrected chi connectivity index (χ1v) is 5.98. The Kier molecular flexibility index (Phi) is 4.07. The molecule has 1 aliphatic rings. The number of nitrogens with two attached hydrogens (primary N) is 1. The molecule has 1 aliphatic heterocycles. The number of ether oxygens (including phenoxy) is 1. The Morgan fingerprint density at radius 2 is 2.12 bits per heavy atom. The summed E-state index contributed by atoms with van der Waals surface area (Å²) in [5.41, 5.74) is 6.74. The standard InChI is InChI=1S/C13H17F2NO/c14-10-5-4-9(7-11(10)15)8-12(16)13-3-1-2-6-17-13/h4-5,7,12-13H,1-3,6,8,16H2. The molecule has 2 rings (SSSR count). The smallest absolute Gasteiger partial charge is 0.159 e. The normalized spacial score (nSPS) is 22.4. The van der Waals surface area contributed by atoms with E-state index in [9.17, 15) is 8.78 Å². The van der Waals surface area contributed by atoms with Gasteiger partial charge in [0.1, 0.15) is 0 Å². The van der Waals surface area contributed by atoms with Crippen LogP contribution in [0.4, 0.5) is 8.78 Å². The SMILES string of the molecule is NC(Cc1ccc(F)c(F)c1)C1CCCCO1. The molecule has 1 aromatic rings. The Morgan fingerprint density at radius 3 is 2.76 bits per heavy atom. The lowest BCUT2D eigenvalue weighted by molar-refractivity contribution is 0.000621. The predicted molar refractivity (Wildman–Crippen MR) is 61.6 cm³/mol. The van der Waals surface area contributed by atoms with E-state index in [1.54, 1.807) is 6.07 Å². The van der Waals surface area contributed by atoms with Crippen LogP contribution in [0, 0.1) is 11.6 Å². The van der Waals surface area contributed by atoms with Crippen LogP contribution < -0.4 is 5.73 Å². The maximum atomic E-state index is 13.0. The van der Waals surface area contributed by atoms with Crippen LogP contribution in [0.25, 0.3) is 0 Å². The van der Waals surface area contributed by atoms with E-state index < -0.39 is 11.6 Å². The quantitative estimate of drug-likeness (QED) is 0.882. The third-order valence-electron chi connectivity index (χ3n) is 3.15. The van der Waals surface area contributed by atoms with E-state index in [0.29, 0.717) is 12.0 Å². The molecule has 1 saturated heterocycles. The monoisotopic (exact) mass is 241 g/mol. The molecule has 0 aromatic heterocycles. The van der Waals surface area contributed by atoms with Gasteiger partial charge in [-0.2, -0.15) is 0 Å². The minimum Gasteiger partial charge on any atom is -0.377 e. The van der Waals surface area contributed by atoms with Gasteiger partial charge in [0, 0.05) is 12.6 Å². The van der Waals surface area contributed by atoms with Gasteiger partial charge < -0.3 is 10.5 Å². The third-order valence-corrected chi connectivity index (χ3v) is 3.15. The molecular formula is C13H17F2NO. The lowest BCUT2D eigenvalue weighted by Gasteiger charge is -2.28. The van der Waals surface area contributed by atoms with Crippen molar-refractivity contribution in [2.45, 2.75) is 37.8 Å². The zero-order valence-electron chi connectivity index (χ0n) is 9.66. The minimum absolute atomic E-state index is 0.0388. The summed E-state index contributed by atoms with van der Waals surface area (Å²) in [4.78, 5) is 0. The van der Waals surface area contributed by atoms with Crippen LogP contribution in [0.3, 0.4) is 0 Å². The molecular weight excluding hydrogens is 224 g/mol. The average molecular weight is 241 g/mol. The number of halogens is 2. The molecule has 17 heavy (non-hydrogen) atoms. The maximum Gasteiger partial charge on any atom is 0.159 e. The van der Waals surface area contributed by atoms with Crippen molar-refractivity contribution in [1.29, 1.82) is 0 Å². The van der Waals surface area contributed by atoms with E-state index in [1.807, 2.05) is 0 Å². The van der Waals surface area contributed by atoms with Crippen LogP contribution in [0.1, 0.15) is 24.8 Å². The molecule has 4 heteroatoms. The fourth-order valence-corrected chi connectivity index (χ4v) is 2.17. The zero-order valence-corrected chi connectivity index (χ0v) is 9.66. The summed E-state index contributed by atoms with van der Waals surface area (Å²) < 4.78 is 31.4. The summed E-state index contributed by atoms with van der Waals surface area (Å²) >= 11 is 0. The lowest BCUT2D eigenvalue weighted by atomic mass is 9.97. The van der Waals surface area contributed by atoms with Crippen molar-refractivity contribution in [3.8, 4) is 0 Å². The van der Waals surface area contributed by atoms with Crippen LogP contribution in [-0.4, -0.2) is 18.8 Å². The summed E-state index contributed by atoms with van der Waals surface area (Å²) in [6.45, 7) is 0.746. The van der Waals surface area contributed by atoms with Crippen molar-refractivity contribution in [1.82, 2.24) is 0 Å². The lowest BCUT2D eigenvalue weighted by Crippen LogP contribution is -2.40. The maximum absolute atomic E-state index is 13.0. The summed E-state index contributed by atoms with van der Waals surface area (Å²) in [5, 5.41) is 0. The first-order valence-electron chi connectivity index (χ1n) is 5.98. The van der Waals surface area contributed by atoms with Gasteiger partial charge in [-0.15, -0.1) is 0 Å². The first kappa shape index (κ1) is 12.5. The third kappa shape index (κ3) is 3.23. The predicted octanol–water partition coefficient (Wildman–Crippen LogP) is 2.40. The Labute approximate surface area is 99.8 Å². The minimum atomic E-state index is -0.823. The van der Waals surface area contributed by atoms with Gasteiger partial charge in [0.05, 0.1) is 6.10 Å². The number of hydrogen-bond acceptors (Lipinski definition) is 2. The second-order valence-corrected chi connectivity index (χ2v) is 4.52. The largest absolute Gasteiger partial charge is 0.377 e. The molecule has 0 bridgehead atoms. The van der Waals surface area contributed by atoms with Crippen molar-refractivity contribution >= 4 is 0 Å². The highest BCUT2D eigenvalue weighted by molar-refractivity contribution is 5.19. The van der Waals surface area contributed by atoms with Gasteiger partial charge in [0.15, 0.2) is 11.6 Å². The molecule has 2 nitrogen and oxygen atoms in total. The Morgan fingerprint density at radius 1 is 1.29 bits per heavy atom. The van der Waals surface area contributed by atoms with Crippen molar-refractivity contribution in [2.75, 3.05) is 6.61 Å². The zero-order chi connectivity index (χ0) is 12.3. The second kappa shape index (κ2) is 5.56. The number of benzene rings is 1. The first-order chi connectivity index (χ1) is 8.16. The molecule has 0 radical (unpaired) electrons. The van der Waals surface area contributed by atoms with E-state index in [2.05, 4.69) is 0 Å². The second-order valence-electron chi connectivity index (χ2n) is 4.52. The molecule has 1 fully saturated rings. The molecule has 2 atom stereocenters.